The first-order valence-corrected chi connectivity index (χ1v) is 9.03. The maximum Gasteiger partial charge on any atom is 0.245 e. The molecule has 0 radical (unpaired) electrons. The minimum atomic E-state index is -0.632. The van der Waals surface area contributed by atoms with E-state index in [1.165, 1.54) is 6.20 Å². The molecule has 140 valence electrons. The summed E-state index contributed by atoms with van der Waals surface area (Å²) in [7, 11) is 0. The first-order valence-electron chi connectivity index (χ1n) is 9.03. The van der Waals surface area contributed by atoms with E-state index in [4.69, 9.17) is 5.26 Å². The van der Waals surface area contributed by atoms with E-state index in [0.29, 0.717) is 30.6 Å². The number of hydrogen-bond donors (Lipinski definition) is 1. The Bertz CT molecular complexity index is 810. The predicted molar refractivity (Wildman–Crippen MR) is 103 cm³/mol. The van der Waals surface area contributed by atoms with Crippen LogP contribution in [-0.2, 0) is 22.4 Å². The number of nitrogens with zero attached hydrogens (tertiary/aromatic N) is 3. The van der Waals surface area contributed by atoms with E-state index in [-0.39, 0.29) is 18.2 Å². The number of amides is 2. The third kappa shape index (κ3) is 5.93. The number of likely N-dealkylation sites (N-methyl/N-ethyl adjacent to an activating group) is 1. The average molecular weight is 364 g/mol. The average Bonchev–Trinajstić information content (AvgIpc) is 2.69. The molecule has 6 heteroatoms. The van der Waals surface area contributed by atoms with Gasteiger partial charge in [0, 0.05) is 31.9 Å². The largest absolute Gasteiger partial charge is 0.344 e. The zero-order valence-electron chi connectivity index (χ0n) is 15.7. The van der Waals surface area contributed by atoms with E-state index in [0.717, 1.165) is 5.56 Å². The first kappa shape index (κ1) is 20.1. The van der Waals surface area contributed by atoms with Gasteiger partial charge in [-0.1, -0.05) is 30.3 Å². The Morgan fingerprint density at radius 2 is 1.85 bits per heavy atom. The minimum absolute atomic E-state index is 0.0688. The van der Waals surface area contributed by atoms with Crippen molar-refractivity contribution in [2.24, 2.45) is 0 Å². The Morgan fingerprint density at radius 3 is 2.48 bits per heavy atom. The monoisotopic (exact) mass is 364 g/mol. The quantitative estimate of drug-likeness (QED) is 0.777. The molecule has 0 spiro atoms. The van der Waals surface area contributed by atoms with E-state index in [1.807, 2.05) is 50.2 Å². The van der Waals surface area contributed by atoms with Gasteiger partial charge in [-0.2, -0.15) is 5.26 Å². The molecule has 1 heterocycles. The fraction of sp³-hybridized carbons (Fsp3) is 0.333. The number of aromatic nitrogens is 1. The minimum Gasteiger partial charge on any atom is -0.344 e. The van der Waals surface area contributed by atoms with Gasteiger partial charge in [0.05, 0.1) is 12.0 Å². The molecule has 0 saturated carbocycles. The van der Waals surface area contributed by atoms with Crippen molar-refractivity contribution in [3.05, 3.63) is 65.5 Å². The molecule has 0 aliphatic carbocycles. The number of carbonyl (C=O) groups excluding carboxylic acids is 2. The summed E-state index contributed by atoms with van der Waals surface area (Å²) in [5.41, 5.74) is 2.03. The summed E-state index contributed by atoms with van der Waals surface area (Å²) in [4.78, 5) is 31.1. The summed E-state index contributed by atoms with van der Waals surface area (Å²) in [6.45, 7) is 5.01. The SMILES string of the molecule is CCN(CC)C(=O)C(Cc1ccccc1)NC(=O)Cc1cncc(C#N)c1. The van der Waals surface area contributed by atoms with Crippen LogP contribution in [0.3, 0.4) is 0 Å². The van der Waals surface area contributed by atoms with Gasteiger partial charge in [0.1, 0.15) is 12.1 Å². The van der Waals surface area contributed by atoms with Crippen molar-refractivity contribution in [3.8, 4) is 6.07 Å². The van der Waals surface area contributed by atoms with Gasteiger partial charge in [0.15, 0.2) is 0 Å². The Hall–Kier alpha value is -3.20. The molecule has 1 aromatic heterocycles. The van der Waals surface area contributed by atoms with Crippen molar-refractivity contribution in [2.45, 2.75) is 32.7 Å². The highest BCUT2D eigenvalue weighted by molar-refractivity contribution is 5.88. The van der Waals surface area contributed by atoms with Crippen LogP contribution in [0.25, 0.3) is 0 Å². The molecule has 2 rings (SSSR count). The summed E-state index contributed by atoms with van der Waals surface area (Å²) >= 11 is 0. The number of hydrogen-bond acceptors (Lipinski definition) is 4. The number of nitrogens with one attached hydrogen (secondary N) is 1. The van der Waals surface area contributed by atoms with Crippen molar-refractivity contribution in [1.29, 1.82) is 5.26 Å². The maximum atomic E-state index is 12.9. The molecule has 27 heavy (non-hydrogen) atoms. The molecule has 0 aliphatic heterocycles. The fourth-order valence-corrected chi connectivity index (χ4v) is 2.88. The zero-order valence-corrected chi connectivity index (χ0v) is 15.7. The summed E-state index contributed by atoms with van der Waals surface area (Å²) in [5.74, 6) is -0.366. The number of rotatable bonds is 8. The van der Waals surface area contributed by atoms with Crippen LogP contribution in [0, 0.1) is 11.3 Å². The van der Waals surface area contributed by atoms with Gasteiger partial charge in [0.2, 0.25) is 11.8 Å². The van der Waals surface area contributed by atoms with E-state index in [1.54, 1.807) is 17.2 Å². The standard InChI is InChI=1S/C21H24N4O2/c1-3-25(4-2)21(27)19(11-16-8-6-5-7-9-16)24-20(26)12-17-10-18(13-22)15-23-14-17/h5-10,14-15,19H,3-4,11-12H2,1-2H3,(H,24,26). The molecule has 1 unspecified atom stereocenters. The van der Waals surface area contributed by atoms with Gasteiger partial charge in [-0.3, -0.25) is 14.6 Å². The normalized spacial score (nSPS) is 11.3. The van der Waals surface area contributed by atoms with Gasteiger partial charge < -0.3 is 10.2 Å². The molecule has 6 nitrogen and oxygen atoms in total. The first-order chi connectivity index (χ1) is 13.1. The Labute approximate surface area is 159 Å². The molecule has 1 N–H and O–H groups in total. The molecule has 0 bridgehead atoms. The second kappa shape index (κ2) is 10.1. The smallest absolute Gasteiger partial charge is 0.245 e. The molecule has 2 amide bonds. The lowest BCUT2D eigenvalue weighted by molar-refractivity contribution is -0.136. The molecular formula is C21H24N4O2. The van der Waals surface area contributed by atoms with Crippen LogP contribution in [0.5, 0.6) is 0 Å². The maximum absolute atomic E-state index is 12.9. The lowest BCUT2D eigenvalue weighted by Gasteiger charge is -2.26. The number of pyridine rings is 1. The van der Waals surface area contributed by atoms with Gasteiger partial charge in [-0.05, 0) is 31.0 Å². The van der Waals surface area contributed by atoms with Crippen molar-refractivity contribution in [3.63, 3.8) is 0 Å². The summed E-state index contributed by atoms with van der Waals surface area (Å²) < 4.78 is 0. The molecule has 0 saturated heterocycles. The highest BCUT2D eigenvalue weighted by Crippen LogP contribution is 2.08. The predicted octanol–water partition coefficient (Wildman–Crippen LogP) is 2.09. The Balaban J connectivity index is 2.13. The van der Waals surface area contributed by atoms with E-state index in [9.17, 15) is 9.59 Å². The molecule has 1 atom stereocenters. The van der Waals surface area contributed by atoms with Gasteiger partial charge in [-0.25, -0.2) is 0 Å². The highest BCUT2D eigenvalue weighted by Gasteiger charge is 2.24. The lowest BCUT2D eigenvalue weighted by atomic mass is 10.0. The number of nitriles is 1. The van der Waals surface area contributed by atoms with Crippen LogP contribution < -0.4 is 5.32 Å². The number of carbonyl (C=O) groups is 2. The third-order valence-corrected chi connectivity index (χ3v) is 4.28. The van der Waals surface area contributed by atoms with Crippen LogP contribution >= 0.6 is 0 Å². The van der Waals surface area contributed by atoms with Crippen molar-refractivity contribution in [1.82, 2.24) is 15.2 Å². The fourth-order valence-electron chi connectivity index (χ4n) is 2.88. The topological polar surface area (TPSA) is 86.1 Å². The van der Waals surface area contributed by atoms with E-state index >= 15 is 0 Å². The lowest BCUT2D eigenvalue weighted by Crippen LogP contribution is -2.50. The second-order valence-corrected chi connectivity index (χ2v) is 6.19. The summed E-state index contributed by atoms with van der Waals surface area (Å²) in [6.07, 6.45) is 3.50. The summed E-state index contributed by atoms with van der Waals surface area (Å²) in [5, 5.41) is 11.8. The Morgan fingerprint density at radius 1 is 1.15 bits per heavy atom. The molecule has 0 fully saturated rings. The van der Waals surface area contributed by atoms with Crippen molar-refractivity contribution in [2.75, 3.05) is 13.1 Å². The molecular weight excluding hydrogens is 340 g/mol. The highest BCUT2D eigenvalue weighted by atomic mass is 16.2. The van der Waals surface area contributed by atoms with Crippen molar-refractivity contribution < 1.29 is 9.59 Å². The molecule has 0 aliphatic rings. The van der Waals surface area contributed by atoms with Crippen LogP contribution in [0.2, 0.25) is 0 Å². The van der Waals surface area contributed by atoms with E-state index in [2.05, 4.69) is 10.3 Å². The van der Waals surface area contributed by atoms with Crippen molar-refractivity contribution >= 4 is 11.8 Å². The van der Waals surface area contributed by atoms with Gasteiger partial charge in [0.25, 0.3) is 0 Å². The van der Waals surface area contributed by atoms with Crippen LogP contribution in [0.15, 0.2) is 48.8 Å². The second-order valence-electron chi connectivity index (χ2n) is 6.19. The molecule has 1 aromatic carbocycles. The van der Waals surface area contributed by atoms with Gasteiger partial charge >= 0.3 is 0 Å². The van der Waals surface area contributed by atoms with Gasteiger partial charge in [-0.15, -0.1) is 0 Å². The summed E-state index contributed by atoms with van der Waals surface area (Å²) in [6, 6.07) is 12.6. The molecule has 2 aromatic rings. The number of benzene rings is 1. The van der Waals surface area contributed by atoms with Crippen LogP contribution in [0.4, 0.5) is 0 Å². The van der Waals surface area contributed by atoms with Crippen LogP contribution in [-0.4, -0.2) is 40.8 Å². The third-order valence-electron chi connectivity index (χ3n) is 4.28. The van der Waals surface area contributed by atoms with Crippen LogP contribution in [0.1, 0.15) is 30.5 Å². The Kier molecular flexibility index (Phi) is 7.50. The van der Waals surface area contributed by atoms with E-state index < -0.39 is 6.04 Å². The zero-order chi connectivity index (χ0) is 19.6.